The third-order valence-corrected chi connectivity index (χ3v) is 9.40. The number of methoxy groups -OCH3 is 2. The van der Waals surface area contributed by atoms with Crippen LogP contribution in [0.1, 0.15) is 18.1 Å². The Hall–Kier alpha value is -3.67. The molecule has 55 heavy (non-hydrogen) atoms. The Morgan fingerprint density at radius 1 is 0.782 bits per heavy atom. The number of ether oxygens (including phenoxy) is 9. The molecule has 3 aliphatic rings. The average molecular weight is 785 g/mol. The Morgan fingerprint density at radius 3 is 2.20 bits per heavy atom. The lowest BCUT2D eigenvalue weighted by Crippen LogP contribution is -2.66. The summed E-state index contributed by atoms with van der Waals surface area (Å²) >= 11 is 0. The molecule has 0 radical (unpaired) electrons. The summed E-state index contributed by atoms with van der Waals surface area (Å²) in [6.45, 7) is 0.0972. The Balaban J connectivity index is 1.40. The molecule has 19 nitrogen and oxygen atoms in total. The molecule has 5 rings (SSSR count). The third-order valence-electron chi connectivity index (χ3n) is 9.40. The van der Waals surface area contributed by atoms with Gasteiger partial charge < -0.3 is 88.6 Å². The molecule has 9 N–H and O–H groups in total. The summed E-state index contributed by atoms with van der Waals surface area (Å²) in [7, 11) is 2.76. The number of carbonyl (C=O) groups is 1. The molecule has 2 aromatic rings. The summed E-state index contributed by atoms with van der Waals surface area (Å²) in [6.07, 6.45) is -19.7. The molecule has 19 heteroatoms. The van der Waals surface area contributed by atoms with E-state index in [4.69, 9.17) is 42.6 Å². The van der Waals surface area contributed by atoms with Crippen LogP contribution in [-0.4, -0.2) is 172 Å². The van der Waals surface area contributed by atoms with Crippen LogP contribution in [0.2, 0.25) is 0 Å². The quantitative estimate of drug-likeness (QED) is 0.0744. The normalized spacial score (nSPS) is 35.4. The van der Waals surface area contributed by atoms with E-state index in [1.807, 2.05) is 0 Å². The van der Waals surface area contributed by atoms with Gasteiger partial charge in [-0.25, -0.2) is 4.79 Å². The van der Waals surface area contributed by atoms with Gasteiger partial charge in [-0.15, -0.1) is 0 Å². The van der Waals surface area contributed by atoms with Crippen molar-refractivity contribution in [3.8, 4) is 23.0 Å². The van der Waals surface area contributed by atoms with E-state index in [-0.39, 0.29) is 36.0 Å². The first-order chi connectivity index (χ1) is 26.3. The molecule has 3 heterocycles. The van der Waals surface area contributed by atoms with Gasteiger partial charge in [-0.1, -0.05) is 12.1 Å². The minimum Gasteiger partial charge on any atom is -0.504 e. The van der Waals surface area contributed by atoms with Gasteiger partial charge >= 0.3 is 5.97 Å². The summed E-state index contributed by atoms with van der Waals surface area (Å²) in [5, 5.41) is 94.5. The van der Waals surface area contributed by atoms with Gasteiger partial charge in [0.25, 0.3) is 0 Å². The second kappa shape index (κ2) is 19.0. The highest BCUT2D eigenvalue weighted by Crippen LogP contribution is 2.34. The van der Waals surface area contributed by atoms with Gasteiger partial charge in [-0.05, 0) is 54.8 Å². The minimum absolute atomic E-state index is 0.0830. The number of carbonyl (C=O) groups excluding carboxylic acids is 1. The van der Waals surface area contributed by atoms with E-state index in [9.17, 15) is 50.8 Å². The van der Waals surface area contributed by atoms with Crippen molar-refractivity contribution in [3.05, 3.63) is 53.6 Å². The van der Waals surface area contributed by atoms with Crippen LogP contribution in [0.15, 0.2) is 42.5 Å². The van der Waals surface area contributed by atoms with E-state index in [1.54, 1.807) is 12.1 Å². The second-order valence-electron chi connectivity index (χ2n) is 13.2. The van der Waals surface area contributed by atoms with Crippen LogP contribution in [0, 0.1) is 0 Å². The third kappa shape index (κ3) is 10.0. The van der Waals surface area contributed by atoms with Gasteiger partial charge in [-0.3, -0.25) is 0 Å². The van der Waals surface area contributed by atoms with E-state index in [2.05, 4.69) is 0 Å². The zero-order chi connectivity index (χ0) is 40.0. The second-order valence-corrected chi connectivity index (χ2v) is 13.2. The number of phenols is 2. The van der Waals surface area contributed by atoms with Crippen molar-refractivity contribution in [1.29, 1.82) is 0 Å². The molecule has 14 atom stereocenters. The van der Waals surface area contributed by atoms with Crippen LogP contribution >= 0.6 is 0 Å². The highest BCUT2D eigenvalue weighted by Gasteiger charge is 2.54. The maximum absolute atomic E-state index is 13.2. The van der Waals surface area contributed by atoms with Crippen molar-refractivity contribution >= 4 is 12.0 Å². The van der Waals surface area contributed by atoms with E-state index in [0.717, 1.165) is 6.08 Å². The van der Waals surface area contributed by atoms with Crippen molar-refractivity contribution in [2.24, 2.45) is 0 Å². The molecule has 306 valence electrons. The monoisotopic (exact) mass is 784 g/mol. The molecule has 3 aliphatic heterocycles. The Labute approximate surface area is 315 Å². The number of phenolic OH excluding ortho intramolecular Hbond substituents is 2. The lowest BCUT2D eigenvalue weighted by atomic mass is 9.96. The van der Waals surface area contributed by atoms with Crippen molar-refractivity contribution in [2.45, 2.75) is 99.4 Å². The minimum atomic E-state index is -1.81. The molecule has 0 aromatic heterocycles. The molecular formula is C36H48O19. The van der Waals surface area contributed by atoms with Gasteiger partial charge in [0.15, 0.2) is 48.0 Å². The highest BCUT2D eigenvalue weighted by atomic mass is 16.8. The first-order valence-corrected chi connectivity index (χ1v) is 17.4. The lowest BCUT2D eigenvalue weighted by Gasteiger charge is -2.48. The Bertz CT molecular complexity index is 1590. The first kappa shape index (κ1) is 42.5. The van der Waals surface area contributed by atoms with Crippen LogP contribution in [0.5, 0.6) is 23.0 Å². The van der Waals surface area contributed by atoms with E-state index in [1.165, 1.54) is 51.5 Å². The van der Waals surface area contributed by atoms with Crippen molar-refractivity contribution in [1.82, 2.24) is 0 Å². The SMILES string of the molecule is COc1ccc(CCOC2OC(CO)C(OC(=O)/C=C\c3ccc(O)c(OC)c3)C(OC3OC(C)C(O)C(O)C3OC3OCC(O)C(O)C3O)C2O)cc1O. The topological polar surface area (TPSA) is 282 Å². The summed E-state index contributed by atoms with van der Waals surface area (Å²) in [5.41, 5.74) is 1.08. The predicted octanol–water partition coefficient (Wildman–Crippen LogP) is -1.95. The van der Waals surface area contributed by atoms with Gasteiger partial charge in [0.2, 0.25) is 0 Å². The predicted molar refractivity (Wildman–Crippen MR) is 183 cm³/mol. The fraction of sp³-hybridized carbons (Fsp3) is 0.583. The number of hydrogen-bond donors (Lipinski definition) is 9. The molecule has 2 aromatic carbocycles. The van der Waals surface area contributed by atoms with Crippen molar-refractivity contribution < 1.29 is 93.4 Å². The van der Waals surface area contributed by atoms with Gasteiger partial charge in [0, 0.05) is 6.08 Å². The number of hydrogen-bond acceptors (Lipinski definition) is 19. The standard InChI is InChI=1S/C36H48O19/c1-16-26(42)28(44)33(55-34-29(45)27(43)21(40)15-50-34)36(51-16)54-32-30(46)35(49-11-10-18-5-8-22(47-2)20(39)12-18)52-24(14-37)31(32)53-25(41)9-6-17-4-7-19(38)23(13-17)48-3/h4-9,12-13,16,21,24,26-40,42-46H,10-11,14-15H2,1-3H3/b9-6-. The molecule has 14 unspecified atom stereocenters. The maximum atomic E-state index is 13.2. The maximum Gasteiger partial charge on any atom is 0.331 e. The molecule has 0 bridgehead atoms. The average Bonchev–Trinajstić information content (AvgIpc) is 3.17. The molecule has 0 spiro atoms. The van der Waals surface area contributed by atoms with E-state index >= 15 is 0 Å². The van der Waals surface area contributed by atoms with Crippen LogP contribution in [0.25, 0.3) is 6.08 Å². The van der Waals surface area contributed by atoms with Crippen LogP contribution in [0.4, 0.5) is 0 Å². The fourth-order valence-electron chi connectivity index (χ4n) is 6.26. The molecule has 3 saturated heterocycles. The van der Waals surface area contributed by atoms with Crippen LogP contribution < -0.4 is 9.47 Å². The number of rotatable bonds is 14. The number of aliphatic hydroxyl groups is 7. The summed E-state index contributed by atoms with van der Waals surface area (Å²) in [6, 6.07) is 9.03. The molecule has 0 saturated carbocycles. The lowest BCUT2D eigenvalue weighted by molar-refractivity contribution is -0.381. The van der Waals surface area contributed by atoms with E-state index < -0.39 is 105 Å². The van der Waals surface area contributed by atoms with Crippen LogP contribution in [-0.2, 0) is 44.4 Å². The summed E-state index contributed by atoms with van der Waals surface area (Å²) in [5.74, 6) is -0.805. The zero-order valence-corrected chi connectivity index (χ0v) is 30.1. The van der Waals surface area contributed by atoms with Gasteiger partial charge in [0.1, 0.15) is 54.9 Å². The summed E-state index contributed by atoms with van der Waals surface area (Å²) < 4.78 is 50.6. The molecular weight excluding hydrogens is 736 g/mol. The van der Waals surface area contributed by atoms with Crippen molar-refractivity contribution in [2.75, 3.05) is 34.0 Å². The number of aliphatic hydroxyl groups excluding tert-OH is 7. The van der Waals surface area contributed by atoms with Crippen molar-refractivity contribution in [3.63, 3.8) is 0 Å². The number of benzene rings is 2. The summed E-state index contributed by atoms with van der Waals surface area (Å²) in [4.78, 5) is 13.2. The first-order valence-electron chi connectivity index (χ1n) is 17.4. The fourth-order valence-corrected chi connectivity index (χ4v) is 6.26. The molecule has 0 amide bonds. The smallest absolute Gasteiger partial charge is 0.331 e. The Kier molecular flexibility index (Phi) is 14.7. The molecule has 0 aliphatic carbocycles. The van der Waals surface area contributed by atoms with Crippen LogP contribution in [0.3, 0.4) is 0 Å². The van der Waals surface area contributed by atoms with Gasteiger partial charge in [0.05, 0.1) is 40.1 Å². The number of esters is 1. The number of aromatic hydroxyl groups is 2. The van der Waals surface area contributed by atoms with Gasteiger partial charge in [-0.2, -0.15) is 0 Å². The zero-order valence-electron chi connectivity index (χ0n) is 30.1. The Morgan fingerprint density at radius 2 is 1.51 bits per heavy atom. The largest absolute Gasteiger partial charge is 0.504 e. The highest BCUT2D eigenvalue weighted by molar-refractivity contribution is 5.87. The van der Waals surface area contributed by atoms with E-state index in [0.29, 0.717) is 11.1 Å². The molecule has 3 fully saturated rings.